The standard InChI is InChI=1S/C16H32N2O/c1-4-19-14-7-11-18(12-8-14)16(13-17)10-6-5-9-15(16,2)3/h14H,4-13,17H2,1-3H3. The maximum atomic E-state index is 6.27. The molecule has 2 N–H and O–H groups in total. The van der Waals surface area contributed by atoms with Gasteiger partial charge in [0.25, 0.3) is 0 Å². The van der Waals surface area contributed by atoms with Gasteiger partial charge in [0.15, 0.2) is 0 Å². The third kappa shape index (κ3) is 2.84. The Morgan fingerprint density at radius 2 is 1.79 bits per heavy atom. The smallest absolute Gasteiger partial charge is 0.0599 e. The molecule has 19 heavy (non-hydrogen) atoms. The molecule has 1 unspecified atom stereocenters. The Morgan fingerprint density at radius 1 is 1.16 bits per heavy atom. The van der Waals surface area contributed by atoms with E-state index in [-0.39, 0.29) is 5.54 Å². The molecule has 0 spiro atoms. The van der Waals surface area contributed by atoms with E-state index in [4.69, 9.17) is 10.5 Å². The Labute approximate surface area is 118 Å². The highest BCUT2D eigenvalue weighted by Gasteiger charge is 2.49. The highest BCUT2D eigenvalue weighted by molar-refractivity contribution is 5.05. The number of nitrogens with zero attached hydrogens (tertiary/aromatic N) is 1. The third-order valence-electron chi connectivity index (χ3n) is 5.69. The van der Waals surface area contributed by atoms with Crippen LogP contribution in [0.5, 0.6) is 0 Å². The lowest BCUT2D eigenvalue weighted by Crippen LogP contribution is -2.65. The number of rotatable bonds is 4. The Morgan fingerprint density at radius 3 is 2.32 bits per heavy atom. The van der Waals surface area contributed by atoms with E-state index in [1.54, 1.807) is 0 Å². The number of nitrogens with two attached hydrogens (primary N) is 1. The van der Waals surface area contributed by atoms with Crippen LogP contribution in [0, 0.1) is 5.41 Å². The number of piperidine rings is 1. The Bertz CT molecular complexity index is 284. The van der Waals surface area contributed by atoms with Crippen molar-refractivity contribution in [1.29, 1.82) is 0 Å². The van der Waals surface area contributed by atoms with E-state index in [0.717, 1.165) is 26.2 Å². The van der Waals surface area contributed by atoms with Crippen molar-refractivity contribution < 1.29 is 4.74 Å². The van der Waals surface area contributed by atoms with Crippen molar-refractivity contribution in [2.24, 2.45) is 11.1 Å². The molecule has 1 saturated heterocycles. The molecule has 1 atom stereocenters. The van der Waals surface area contributed by atoms with Gasteiger partial charge in [-0.05, 0) is 38.0 Å². The largest absolute Gasteiger partial charge is 0.378 e. The van der Waals surface area contributed by atoms with Crippen LogP contribution in [0.15, 0.2) is 0 Å². The average molecular weight is 268 g/mol. The second-order valence-corrected chi connectivity index (χ2v) is 6.97. The molecular weight excluding hydrogens is 236 g/mol. The van der Waals surface area contributed by atoms with Crippen molar-refractivity contribution >= 4 is 0 Å². The fourth-order valence-corrected chi connectivity index (χ4v) is 4.34. The van der Waals surface area contributed by atoms with Gasteiger partial charge in [-0.2, -0.15) is 0 Å². The van der Waals surface area contributed by atoms with Gasteiger partial charge in [-0.1, -0.05) is 26.7 Å². The molecule has 3 nitrogen and oxygen atoms in total. The first-order chi connectivity index (χ1) is 9.05. The number of hydrogen-bond donors (Lipinski definition) is 1. The van der Waals surface area contributed by atoms with Crippen LogP contribution in [0.4, 0.5) is 0 Å². The van der Waals surface area contributed by atoms with E-state index < -0.39 is 0 Å². The predicted octanol–water partition coefficient (Wildman–Crippen LogP) is 2.79. The first kappa shape index (κ1) is 15.3. The molecule has 2 fully saturated rings. The summed E-state index contributed by atoms with van der Waals surface area (Å²) >= 11 is 0. The summed E-state index contributed by atoms with van der Waals surface area (Å²) in [5.41, 5.74) is 6.84. The minimum absolute atomic E-state index is 0.225. The molecule has 0 aromatic rings. The third-order valence-corrected chi connectivity index (χ3v) is 5.69. The van der Waals surface area contributed by atoms with Crippen molar-refractivity contribution in [3.63, 3.8) is 0 Å². The number of ether oxygens (including phenoxy) is 1. The van der Waals surface area contributed by atoms with Gasteiger partial charge in [-0.3, -0.25) is 4.90 Å². The van der Waals surface area contributed by atoms with Gasteiger partial charge < -0.3 is 10.5 Å². The fraction of sp³-hybridized carbons (Fsp3) is 1.00. The monoisotopic (exact) mass is 268 g/mol. The van der Waals surface area contributed by atoms with Crippen LogP contribution < -0.4 is 5.73 Å². The van der Waals surface area contributed by atoms with Crippen LogP contribution in [0.1, 0.15) is 59.3 Å². The quantitative estimate of drug-likeness (QED) is 0.852. The van der Waals surface area contributed by atoms with Gasteiger partial charge in [0, 0.05) is 31.8 Å². The first-order valence-corrected chi connectivity index (χ1v) is 8.12. The second kappa shape index (κ2) is 6.11. The van der Waals surface area contributed by atoms with Crippen LogP contribution in [-0.2, 0) is 4.74 Å². The summed E-state index contributed by atoms with van der Waals surface area (Å²) in [7, 11) is 0. The minimum atomic E-state index is 0.225. The number of likely N-dealkylation sites (tertiary alicyclic amines) is 1. The van der Waals surface area contributed by atoms with Crippen LogP contribution in [-0.4, -0.2) is 42.8 Å². The molecule has 112 valence electrons. The van der Waals surface area contributed by atoms with Crippen molar-refractivity contribution in [1.82, 2.24) is 4.90 Å². The zero-order valence-electron chi connectivity index (χ0n) is 13.1. The maximum absolute atomic E-state index is 6.27. The van der Waals surface area contributed by atoms with Gasteiger partial charge >= 0.3 is 0 Å². The van der Waals surface area contributed by atoms with Crippen LogP contribution in [0.3, 0.4) is 0 Å². The predicted molar refractivity (Wildman–Crippen MR) is 80.3 cm³/mol. The molecule has 1 aliphatic carbocycles. The van der Waals surface area contributed by atoms with Crippen LogP contribution in [0.25, 0.3) is 0 Å². The highest BCUT2D eigenvalue weighted by Crippen LogP contribution is 2.47. The first-order valence-electron chi connectivity index (χ1n) is 8.12. The second-order valence-electron chi connectivity index (χ2n) is 6.97. The minimum Gasteiger partial charge on any atom is -0.378 e. The van der Waals surface area contributed by atoms with Gasteiger partial charge in [0.2, 0.25) is 0 Å². The maximum Gasteiger partial charge on any atom is 0.0599 e. The molecule has 1 saturated carbocycles. The van der Waals surface area contributed by atoms with Crippen molar-refractivity contribution in [2.75, 3.05) is 26.2 Å². The lowest BCUT2D eigenvalue weighted by atomic mass is 9.62. The van der Waals surface area contributed by atoms with E-state index in [9.17, 15) is 0 Å². The molecule has 2 aliphatic rings. The molecule has 0 aromatic carbocycles. The summed E-state index contributed by atoms with van der Waals surface area (Å²) < 4.78 is 5.78. The molecule has 0 amide bonds. The van der Waals surface area contributed by atoms with E-state index in [0.29, 0.717) is 11.5 Å². The summed E-state index contributed by atoms with van der Waals surface area (Å²) in [5, 5.41) is 0. The lowest BCUT2D eigenvalue weighted by Gasteiger charge is -2.57. The Kier molecular flexibility index (Phi) is 4.91. The van der Waals surface area contributed by atoms with Gasteiger partial charge in [-0.25, -0.2) is 0 Å². The summed E-state index contributed by atoms with van der Waals surface area (Å²) in [6, 6.07) is 0. The van der Waals surface area contributed by atoms with Gasteiger partial charge in [-0.15, -0.1) is 0 Å². The zero-order chi connectivity index (χ0) is 13.9. The van der Waals surface area contributed by atoms with Gasteiger partial charge in [0.05, 0.1) is 6.10 Å². The molecular formula is C16H32N2O. The summed E-state index contributed by atoms with van der Waals surface area (Å²) in [5.74, 6) is 0. The Hall–Kier alpha value is -0.120. The zero-order valence-corrected chi connectivity index (χ0v) is 13.1. The summed E-state index contributed by atoms with van der Waals surface area (Å²) in [6.45, 7) is 10.9. The molecule has 1 heterocycles. The van der Waals surface area contributed by atoms with Crippen molar-refractivity contribution in [2.45, 2.75) is 70.9 Å². The van der Waals surface area contributed by atoms with Crippen LogP contribution >= 0.6 is 0 Å². The summed E-state index contributed by atoms with van der Waals surface area (Å²) in [4.78, 5) is 2.70. The fourth-order valence-electron chi connectivity index (χ4n) is 4.34. The molecule has 0 aromatic heterocycles. The topological polar surface area (TPSA) is 38.5 Å². The van der Waals surface area contributed by atoms with Crippen LogP contribution in [0.2, 0.25) is 0 Å². The van der Waals surface area contributed by atoms with Gasteiger partial charge in [0.1, 0.15) is 0 Å². The molecule has 2 rings (SSSR count). The van der Waals surface area contributed by atoms with E-state index >= 15 is 0 Å². The van der Waals surface area contributed by atoms with E-state index in [1.807, 2.05) is 0 Å². The SMILES string of the molecule is CCOC1CCN(C2(CN)CCCCC2(C)C)CC1. The highest BCUT2D eigenvalue weighted by atomic mass is 16.5. The normalized spacial score (nSPS) is 33.5. The molecule has 1 aliphatic heterocycles. The molecule has 3 heteroatoms. The Balaban J connectivity index is 2.06. The molecule has 0 bridgehead atoms. The summed E-state index contributed by atoms with van der Waals surface area (Å²) in [6.07, 6.45) is 8.11. The van der Waals surface area contributed by atoms with Crippen molar-refractivity contribution in [3.8, 4) is 0 Å². The number of hydrogen-bond acceptors (Lipinski definition) is 3. The van der Waals surface area contributed by atoms with Crippen molar-refractivity contribution in [3.05, 3.63) is 0 Å². The van der Waals surface area contributed by atoms with E-state index in [1.165, 1.54) is 38.5 Å². The molecule has 0 radical (unpaired) electrons. The average Bonchev–Trinajstić information content (AvgIpc) is 2.40. The lowest BCUT2D eigenvalue weighted by molar-refractivity contribution is -0.0794. The van der Waals surface area contributed by atoms with E-state index in [2.05, 4.69) is 25.7 Å².